The van der Waals surface area contributed by atoms with Crippen LogP contribution in [0.5, 0.6) is 5.88 Å². The van der Waals surface area contributed by atoms with Crippen molar-refractivity contribution in [3.8, 4) is 5.88 Å². The average Bonchev–Trinajstić information content (AvgIpc) is 2.45. The Morgan fingerprint density at radius 3 is 2.68 bits per heavy atom. The third kappa shape index (κ3) is 3.67. The molecule has 1 unspecified atom stereocenters. The number of rotatable bonds is 5. The van der Waals surface area contributed by atoms with E-state index in [0.717, 1.165) is 0 Å². The summed E-state index contributed by atoms with van der Waals surface area (Å²) in [6.45, 7) is 1.97. The quantitative estimate of drug-likeness (QED) is 0.743. The summed E-state index contributed by atoms with van der Waals surface area (Å²) in [5.41, 5.74) is 0.365. The molecule has 6 heteroatoms. The highest BCUT2D eigenvalue weighted by atomic mass is 16.5. The summed E-state index contributed by atoms with van der Waals surface area (Å²) in [7, 11) is 4.40. The highest BCUT2D eigenvalue weighted by Crippen LogP contribution is 2.16. The van der Waals surface area contributed by atoms with Gasteiger partial charge in [-0.3, -0.25) is 9.59 Å². The number of amides is 1. The van der Waals surface area contributed by atoms with Crippen LogP contribution in [0.3, 0.4) is 0 Å². The van der Waals surface area contributed by atoms with Crippen molar-refractivity contribution < 1.29 is 19.1 Å². The molecule has 6 nitrogen and oxygen atoms in total. The Morgan fingerprint density at radius 2 is 2.11 bits per heavy atom. The molecule has 0 saturated heterocycles. The van der Waals surface area contributed by atoms with E-state index in [1.54, 1.807) is 32.3 Å². The van der Waals surface area contributed by atoms with Gasteiger partial charge in [0.25, 0.3) is 5.91 Å². The summed E-state index contributed by atoms with van der Waals surface area (Å²) in [5.74, 6) is -0.717. The minimum absolute atomic E-state index is 0.249. The maximum Gasteiger partial charge on any atom is 0.310 e. The fourth-order valence-corrected chi connectivity index (χ4v) is 1.69. The number of ether oxygens (including phenoxy) is 2. The lowest BCUT2D eigenvalue weighted by Crippen LogP contribution is -2.34. The Bertz CT molecular complexity index is 462. The number of nitrogens with zero attached hydrogens (tertiary/aromatic N) is 2. The van der Waals surface area contributed by atoms with Crippen LogP contribution >= 0.6 is 0 Å². The number of carbonyl (C=O) groups excluding carboxylic acids is 2. The number of hydrogen-bond donors (Lipinski definition) is 0. The first-order valence-corrected chi connectivity index (χ1v) is 5.83. The van der Waals surface area contributed by atoms with Crippen LogP contribution in [0.2, 0.25) is 0 Å². The molecule has 1 heterocycles. The monoisotopic (exact) mass is 266 g/mol. The molecule has 1 rings (SSSR count). The molecule has 1 aromatic rings. The molecule has 0 aliphatic carbocycles. The fraction of sp³-hybridized carbons (Fsp3) is 0.462. The van der Waals surface area contributed by atoms with Gasteiger partial charge in [0.1, 0.15) is 5.56 Å². The third-order valence-corrected chi connectivity index (χ3v) is 2.69. The molecule has 19 heavy (non-hydrogen) atoms. The van der Waals surface area contributed by atoms with E-state index >= 15 is 0 Å². The minimum Gasteiger partial charge on any atom is -0.480 e. The van der Waals surface area contributed by atoms with E-state index in [2.05, 4.69) is 9.72 Å². The van der Waals surface area contributed by atoms with Crippen LogP contribution < -0.4 is 4.74 Å². The van der Waals surface area contributed by atoms with Gasteiger partial charge in [0, 0.05) is 19.8 Å². The van der Waals surface area contributed by atoms with Gasteiger partial charge in [0.2, 0.25) is 5.88 Å². The standard InChI is InChI=1S/C13H18N2O4/c1-9(13(17)19-4)8-15(2)12(16)10-6-5-7-14-11(10)18-3/h5-7,9H,8H2,1-4H3. The molecule has 0 aromatic carbocycles. The Kier molecular flexibility index (Phi) is 5.29. The summed E-state index contributed by atoms with van der Waals surface area (Å²) in [5, 5.41) is 0. The number of aromatic nitrogens is 1. The molecule has 1 amide bonds. The van der Waals surface area contributed by atoms with E-state index in [1.165, 1.54) is 19.1 Å². The van der Waals surface area contributed by atoms with Crippen molar-refractivity contribution in [2.45, 2.75) is 6.92 Å². The molecule has 0 aliphatic heterocycles. The summed E-state index contributed by atoms with van der Waals surface area (Å²) in [4.78, 5) is 29.0. The van der Waals surface area contributed by atoms with Gasteiger partial charge in [0.15, 0.2) is 0 Å². The maximum absolute atomic E-state index is 12.2. The fourth-order valence-electron chi connectivity index (χ4n) is 1.69. The average molecular weight is 266 g/mol. The first kappa shape index (κ1) is 14.9. The normalized spacial score (nSPS) is 11.6. The zero-order valence-corrected chi connectivity index (χ0v) is 11.5. The smallest absolute Gasteiger partial charge is 0.310 e. The van der Waals surface area contributed by atoms with E-state index in [0.29, 0.717) is 5.56 Å². The zero-order valence-electron chi connectivity index (χ0n) is 11.5. The van der Waals surface area contributed by atoms with E-state index in [1.807, 2.05) is 0 Å². The van der Waals surface area contributed by atoms with E-state index < -0.39 is 0 Å². The highest BCUT2D eigenvalue weighted by molar-refractivity contribution is 5.96. The van der Waals surface area contributed by atoms with Crippen molar-refractivity contribution in [3.05, 3.63) is 23.9 Å². The second-order valence-electron chi connectivity index (χ2n) is 4.17. The van der Waals surface area contributed by atoms with Crippen molar-refractivity contribution in [3.63, 3.8) is 0 Å². The number of methoxy groups -OCH3 is 2. The van der Waals surface area contributed by atoms with Gasteiger partial charge in [0.05, 0.1) is 20.1 Å². The summed E-state index contributed by atoms with van der Waals surface area (Å²) < 4.78 is 9.67. The number of hydrogen-bond acceptors (Lipinski definition) is 5. The summed E-state index contributed by atoms with van der Waals surface area (Å²) >= 11 is 0. The third-order valence-electron chi connectivity index (χ3n) is 2.69. The van der Waals surface area contributed by atoms with Crippen LogP contribution in [0.1, 0.15) is 17.3 Å². The molecular weight excluding hydrogens is 248 g/mol. The van der Waals surface area contributed by atoms with Crippen molar-refractivity contribution in [1.82, 2.24) is 9.88 Å². The summed E-state index contributed by atoms with van der Waals surface area (Å²) in [6, 6.07) is 3.29. The molecule has 1 aromatic heterocycles. The topological polar surface area (TPSA) is 68.7 Å². The lowest BCUT2D eigenvalue weighted by molar-refractivity contribution is -0.145. The van der Waals surface area contributed by atoms with Crippen LogP contribution in [0, 0.1) is 5.92 Å². The van der Waals surface area contributed by atoms with Gasteiger partial charge in [-0.15, -0.1) is 0 Å². The van der Waals surface area contributed by atoms with Gasteiger partial charge in [-0.1, -0.05) is 6.92 Å². The molecule has 0 saturated carbocycles. The maximum atomic E-state index is 12.2. The van der Waals surface area contributed by atoms with Crippen molar-refractivity contribution in [2.24, 2.45) is 5.92 Å². The Balaban J connectivity index is 2.79. The number of carbonyl (C=O) groups is 2. The van der Waals surface area contributed by atoms with Crippen LogP contribution in [-0.4, -0.2) is 49.6 Å². The highest BCUT2D eigenvalue weighted by Gasteiger charge is 2.22. The molecule has 1 atom stereocenters. The molecule has 104 valence electrons. The molecule has 0 bridgehead atoms. The van der Waals surface area contributed by atoms with Crippen molar-refractivity contribution >= 4 is 11.9 Å². The molecule has 0 N–H and O–H groups in total. The minimum atomic E-state index is -0.387. The first-order valence-electron chi connectivity index (χ1n) is 5.83. The lowest BCUT2D eigenvalue weighted by atomic mass is 10.1. The predicted molar refractivity (Wildman–Crippen MR) is 68.9 cm³/mol. The molecule has 0 aliphatic rings. The molecule has 0 spiro atoms. The van der Waals surface area contributed by atoms with E-state index in [4.69, 9.17) is 4.74 Å². The van der Waals surface area contributed by atoms with E-state index in [-0.39, 0.29) is 30.2 Å². The number of esters is 1. The summed E-state index contributed by atoms with van der Waals surface area (Å²) in [6.07, 6.45) is 1.55. The van der Waals surface area contributed by atoms with Gasteiger partial charge >= 0.3 is 5.97 Å². The lowest BCUT2D eigenvalue weighted by Gasteiger charge is -2.20. The largest absolute Gasteiger partial charge is 0.480 e. The predicted octanol–water partition coefficient (Wildman–Crippen LogP) is 0.971. The van der Waals surface area contributed by atoms with Crippen molar-refractivity contribution in [1.29, 1.82) is 0 Å². The van der Waals surface area contributed by atoms with Crippen LogP contribution in [0.4, 0.5) is 0 Å². The van der Waals surface area contributed by atoms with Crippen LogP contribution in [-0.2, 0) is 9.53 Å². The van der Waals surface area contributed by atoms with Crippen LogP contribution in [0.15, 0.2) is 18.3 Å². The Labute approximate surface area is 112 Å². The molecule has 0 radical (unpaired) electrons. The van der Waals surface area contributed by atoms with Gasteiger partial charge in [-0.25, -0.2) is 4.98 Å². The molecule has 0 fully saturated rings. The van der Waals surface area contributed by atoms with Gasteiger partial charge in [-0.05, 0) is 12.1 Å². The molecular formula is C13H18N2O4. The number of pyridine rings is 1. The zero-order chi connectivity index (χ0) is 14.4. The second kappa shape index (κ2) is 6.72. The van der Waals surface area contributed by atoms with Gasteiger partial charge in [-0.2, -0.15) is 0 Å². The SMILES string of the molecule is COC(=O)C(C)CN(C)C(=O)c1cccnc1OC. The second-order valence-corrected chi connectivity index (χ2v) is 4.17. The van der Waals surface area contributed by atoms with E-state index in [9.17, 15) is 9.59 Å². The van der Waals surface area contributed by atoms with Crippen LogP contribution in [0.25, 0.3) is 0 Å². The Morgan fingerprint density at radius 1 is 1.42 bits per heavy atom. The van der Waals surface area contributed by atoms with Gasteiger partial charge < -0.3 is 14.4 Å². The first-order chi connectivity index (χ1) is 9.01. The Hall–Kier alpha value is -2.11. The van der Waals surface area contributed by atoms with Crippen molar-refractivity contribution in [2.75, 3.05) is 27.8 Å².